The molecule has 1 unspecified atom stereocenters. The number of aliphatic hydroxyl groups excluding tert-OH is 1. The van der Waals surface area contributed by atoms with Gasteiger partial charge in [0.25, 0.3) is 0 Å². The molecule has 0 aliphatic heterocycles. The topological polar surface area (TPSA) is 44.0 Å². The van der Waals surface area contributed by atoms with Crippen LogP contribution in [0, 0.1) is 17.2 Å². The van der Waals surface area contributed by atoms with Crippen molar-refractivity contribution in [3.05, 3.63) is 33.0 Å². The lowest BCUT2D eigenvalue weighted by molar-refractivity contribution is 0.429. The molecule has 0 spiro atoms. The van der Waals surface area contributed by atoms with Crippen molar-refractivity contribution in [3.63, 3.8) is 0 Å². The van der Waals surface area contributed by atoms with Gasteiger partial charge in [-0.15, -0.1) is 0 Å². The zero-order valence-electron chi connectivity index (χ0n) is 5.96. The molecule has 0 amide bonds. The summed E-state index contributed by atoms with van der Waals surface area (Å²) >= 11 is 6.32. The first kappa shape index (κ1) is 9.56. The molecule has 0 saturated heterocycles. The van der Waals surface area contributed by atoms with E-state index in [4.69, 9.17) is 5.26 Å². The standard InChI is InChI=1S/C8H5Br2NO/c9-6-2-1-5(4-11)3-7(10)8(6)12/h1-3,5,12H. The Labute approximate surface area is 87.1 Å². The number of aliphatic hydroxyl groups is 1. The van der Waals surface area contributed by atoms with E-state index in [0.717, 1.165) is 0 Å². The van der Waals surface area contributed by atoms with E-state index in [1.54, 1.807) is 18.2 Å². The summed E-state index contributed by atoms with van der Waals surface area (Å²) in [6.07, 6.45) is 5.00. The summed E-state index contributed by atoms with van der Waals surface area (Å²) in [6.45, 7) is 0. The molecule has 0 saturated carbocycles. The molecule has 0 aromatic heterocycles. The van der Waals surface area contributed by atoms with Crippen molar-refractivity contribution in [1.82, 2.24) is 0 Å². The minimum absolute atomic E-state index is 0.115. The van der Waals surface area contributed by atoms with Crippen LogP contribution in [0.15, 0.2) is 33.0 Å². The average Bonchev–Trinajstić information content (AvgIpc) is 2.19. The molecule has 1 aliphatic carbocycles. The molecule has 0 heterocycles. The van der Waals surface area contributed by atoms with Gasteiger partial charge in [-0.1, -0.05) is 6.08 Å². The Morgan fingerprint density at radius 1 is 1.50 bits per heavy atom. The predicted octanol–water partition coefficient (Wildman–Crippen LogP) is 3.14. The number of hydrogen-bond acceptors (Lipinski definition) is 2. The molecule has 0 fully saturated rings. The van der Waals surface area contributed by atoms with E-state index in [0.29, 0.717) is 8.96 Å². The maximum atomic E-state index is 9.40. The van der Waals surface area contributed by atoms with Crippen molar-refractivity contribution in [1.29, 1.82) is 5.26 Å². The van der Waals surface area contributed by atoms with Gasteiger partial charge in [0.1, 0.15) is 5.76 Å². The summed E-state index contributed by atoms with van der Waals surface area (Å²) in [5.74, 6) is -0.180. The third-order valence-electron chi connectivity index (χ3n) is 1.38. The van der Waals surface area contributed by atoms with Crippen LogP contribution in [0.1, 0.15) is 0 Å². The van der Waals surface area contributed by atoms with E-state index in [1.807, 2.05) is 0 Å². The monoisotopic (exact) mass is 289 g/mol. The van der Waals surface area contributed by atoms with Crippen LogP contribution in [-0.4, -0.2) is 5.11 Å². The van der Waals surface area contributed by atoms with Crippen molar-refractivity contribution in [2.24, 2.45) is 5.92 Å². The minimum Gasteiger partial charge on any atom is -0.506 e. The molecule has 1 rings (SSSR count). The Bertz CT molecular complexity index is 322. The number of hydrogen-bond donors (Lipinski definition) is 1. The molecule has 1 atom stereocenters. The van der Waals surface area contributed by atoms with Gasteiger partial charge in [0.2, 0.25) is 0 Å². The van der Waals surface area contributed by atoms with E-state index in [1.165, 1.54) is 0 Å². The maximum absolute atomic E-state index is 9.40. The third-order valence-corrected chi connectivity index (χ3v) is 2.66. The summed E-state index contributed by atoms with van der Waals surface area (Å²) in [5.41, 5.74) is 0. The van der Waals surface area contributed by atoms with E-state index in [-0.39, 0.29) is 11.7 Å². The normalized spacial score (nSPS) is 23.1. The van der Waals surface area contributed by atoms with Crippen LogP contribution in [0.2, 0.25) is 0 Å². The van der Waals surface area contributed by atoms with E-state index in [2.05, 4.69) is 37.9 Å². The van der Waals surface area contributed by atoms with E-state index >= 15 is 0 Å². The van der Waals surface area contributed by atoms with Crippen LogP contribution < -0.4 is 0 Å². The third kappa shape index (κ3) is 1.99. The molecule has 0 radical (unpaired) electrons. The fourth-order valence-corrected chi connectivity index (χ4v) is 1.88. The second-order valence-corrected chi connectivity index (χ2v) is 3.93. The molecule has 1 N–H and O–H groups in total. The molecular weight excluding hydrogens is 286 g/mol. The molecule has 2 nitrogen and oxygen atoms in total. The molecular formula is C8H5Br2NO. The van der Waals surface area contributed by atoms with Gasteiger partial charge in [-0.3, -0.25) is 0 Å². The Kier molecular flexibility index (Phi) is 3.12. The van der Waals surface area contributed by atoms with E-state index in [9.17, 15) is 5.11 Å². The lowest BCUT2D eigenvalue weighted by Gasteiger charge is -1.97. The van der Waals surface area contributed by atoms with Crippen LogP contribution in [0.3, 0.4) is 0 Å². The molecule has 12 heavy (non-hydrogen) atoms. The number of nitrogens with zero attached hydrogens (tertiary/aromatic N) is 1. The fourth-order valence-electron chi connectivity index (χ4n) is 0.754. The largest absolute Gasteiger partial charge is 0.506 e. The second kappa shape index (κ2) is 3.92. The predicted molar refractivity (Wildman–Crippen MR) is 53.8 cm³/mol. The van der Waals surface area contributed by atoms with Crippen LogP contribution >= 0.6 is 31.9 Å². The van der Waals surface area contributed by atoms with Gasteiger partial charge in [-0.2, -0.15) is 5.26 Å². The minimum atomic E-state index is -0.295. The molecule has 0 aromatic carbocycles. The van der Waals surface area contributed by atoms with Crippen LogP contribution in [0.5, 0.6) is 0 Å². The van der Waals surface area contributed by atoms with Crippen molar-refractivity contribution in [2.45, 2.75) is 0 Å². The first-order chi connectivity index (χ1) is 5.65. The first-order valence-corrected chi connectivity index (χ1v) is 4.78. The Morgan fingerprint density at radius 3 is 2.75 bits per heavy atom. The summed E-state index contributed by atoms with van der Waals surface area (Å²) in [7, 11) is 0. The Hall–Kier alpha value is -0.530. The van der Waals surface area contributed by atoms with Gasteiger partial charge in [-0.25, -0.2) is 0 Å². The van der Waals surface area contributed by atoms with Gasteiger partial charge >= 0.3 is 0 Å². The highest BCUT2D eigenvalue weighted by atomic mass is 79.9. The number of nitriles is 1. The number of rotatable bonds is 0. The lowest BCUT2D eigenvalue weighted by Crippen LogP contribution is -1.86. The molecule has 0 aromatic rings. The quantitative estimate of drug-likeness (QED) is 0.745. The molecule has 62 valence electrons. The van der Waals surface area contributed by atoms with Crippen molar-refractivity contribution < 1.29 is 5.11 Å². The highest BCUT2D eigenvalue weighted by Crippen LogP contribution is 2.27. The van der Waals surface area contributed by atoms with Crippen molar-refractivity contribution in [3.8, 4) is 6.07 Å². The average molecular weight is 291 g/mol. The van der Waals surface area contributed by atoms with Crippen LogP contribution in [0.25, 0.3) is 0 Å². The summed E-state index contributed by atoms with van der Waals surface area (Å²) in [6, 6.07) is 2.06. The second-order valence-electron chi connectivity index (χ2n) is 2.23. The SMILES string of the molecule is N#CC1C=CC(Br)=C(O)C(Br)=C1. The Morgan fingerprint density at radius 2 is 2.17 bits per heavy atom. The van der Waals surface area contributed by atoms with Crippen molar-refractivity contribution in [2.75, 3.05) is 0 Å². The molecule has 1 aliphatic rings. The zero-order valence-corrected chi connectivity index (χ0v) is 9.13. The van der Waals surface area contributed by atoms with Gasteiger partial charge in [-0.05, 0) is 44.0 Å². The number of allylic oxidation sites excluding steroid dienone is 5. The first-order valence-electron chi connectivity index (χ1n) is 3.19. The zero-order chi connectivity index (χ0) is 9.14. The fraction of sp³-hybridized carbons (Fsp3) is 0.125. The lowest BCUT2D eigenvalue weighted by atomic mass is 10.1. The summed E-state index contributed by atoms with van der Waals surface area (Å²) in [5, 5.41) is 18.0. The van der Waals surface area contributed by atoms with E-state index < -0.39 is 0 Å². The van der Waals surface area contributed by atoms with Crippen LogP contribution in [0.4, 0.5) is 0 Å². The smallest absolute Gasteiger partial charge is 0.143 e. The van der Waals surface area contributed by atoms with Gasteiger partial charge in [0.05, 0.1) is 21.0 Å². The van der Waals surface area contributed by atoms with Crippen LogP contribution in [-0.2, 0) is 0 Å². The Balaban J connectivity index is 3.09. The maximum Gasteiger partial charge on any atom is 0.143 e. The highest BCUT2D eigenvalue weighted by Gasteiger charge is 2.10. The van der Waals surface area contributed by atoms with Gasteiger partial charge in [0.15, 0.2) is 0 Å². The highest BCUT2D eigenvalue weighted by molar-refractivity contribution is 9.12. The van der Waals surface area contributed by atoms with Gasteiger partial charge in [0, 0.05) is 0 Å². The molecule has 4 heteroatoms. The summed E-state index contributed by atoms with van der Waals surface area (Å²) < 4.78 is 1.11. The van der Waals surface area contributed by atoms with Gasteiger partial charge < -0.3 is 5.11 Å². The molecule has 0 bridgehead atoms. The summed E-state index contributed by atoms with van der Waals surface area (Å²) in [4.78, 5) is 0. The number of halogens is 2. The van der Waals surface area contributed by atoms with Crippen molar-refractivity contribution >= 4 is 31.9 Å².